The second-order valence-electron chi connectivity index (χ2n) is 5.84. The number of carbonyl (C=O) groups is 1. The Bertz CT molecular complexity index is 494. The topological polar surface area (TPSA) is 32.8 Å². The first-order valence-corrected chi connectivity index (χ1v) is 9.12. The van der Waals surface area contributed by atoms with Crippen LogP contribution in [0.25, 0.3) is 0 Å². The molecule has 2 fully saturated rings. The smallest absolute Gasteiger partial charge is 0.233 e. The minimum Gasteiger partial charge on any atom is -0.494 e. The molecule has 0 radical (unpaired) electrons. The average molecular weight is 320 g/mol. The third-order valence-corrected chi connectivity index (χ3v) is 5.22. The molecule has 1 aromatic rings. The van der Waals surface area contributed by atoms with Crippen molar-refractivity contribution in [3.8, 4) is 5.75 Å². The van der Waals surface area contributed by atoms with Crippen LogP contribution in [-0.4, -0.2) is 60.3 Å². The number of carbonyl (C=O) groups excluding carboxylic acids is 1. The molecule has 1 aliphatic heterocycles. The minimum atomic E-state index is 0.259. The van der Waals surface area contributed by atoms with Gasteiger partial charge in [-0.25, -0.2) is 0 Å². The molecule has 0 unspecified atom stereocenters. The number of nitrogens with zero attached hydrogens (tertiary/aromatic N) is 2. The summed E-state index contributed by atoms with van der Waals surface area (Å²) in [5.41, 5.74) is 0. The van der Waals surface area contributed by atoms with Crippen molar-refractivity contribution < 1.29 is 9.53 Å². The second-order valence-corrected chi connectivity index (χ2v) is 6.89. The van der Waals surface area contributed by atoms with Gasteiger partial charge >= 0.3 is 0 Å². The molecule has 1 aromatic carbocycles. The molecular formula is C17H24N2O2S. The number of ether oxygens (including phenoxy) is 1. The summed E-state index contributed by atoms with van der Waals surface area (Å²) in [6, 6.07) is 8.78. The zero-order valence-electron chi connectivity index (χ0n) is 13.2. The minimum absolute atomic E-state index is 0.259. The fourth-order valence-corrected chi connectivity index (χ4v) is 3.61. The fourth-order valence-electron chi connectivity index (χ4n) is 2.81. The first kappa shape index (κ1) is 15.7. The van der Waals surface area contributed by atoms with Crippen molar-refractivity contribution in [3.05, 3.63) is 24.3 Å². The predicted octanol–water partition coefficient (Wildman–Crippen LogP) is 2.48. The Morgan fingerprint density at radius 3 is 2.45 bits per heavy atom. The molecule has 1 saturated heterocycles. The van der Waals surface area contributed by atoms with E-state index < -0.39 is 0 Å². The summed E-state index contributed by atoms with van der Waals surface area (Å²) in [6.07, 6.45) is 2.70. The first-order chi connectivity index (χ1) is 10.8. The quantitative estimate of drug-likeness (QED) is 0.754. The lowest BCUT2D eigenvalue weighted by Gasteiger charge is -2.34. The van der Waals surface area contributed by atoms with Gasteiger partial charge in [-0.1, -0.05) is 0 Å². The van der Waals surface area contributed by atoms with E-state index in [9.17, 15) is 4.79 Å². The van der Waals surface area contributed by atoms with Gasteiger partial charge in [0.15, 0.2) is 0 Å². The van der Waals surface area contributed by atoms with Crippen LogP contribution in [-0.2, 0) is 4.79 Å². The molecule has 1 heterocycles. The van der Waals surface area contributed by atoms with Gasteiger partial charge in [-0.2, -0.15) is 0 Å². The number of hydrogen-bond acceptors (Lipinski definition) is 4. The normalized spacial score (nSPS) is 19.2. The Hall–Kier alpha value is -1.20. The lowest BCUT2D eigenvalue weighted by Crippen LogP contribution is -2.49. The Balaban J connectivity index is 1.41. The van der Waals surface area contributed by atoms with Crippen LogP contribution in [0.15, 0.2) is 29.2 Å². The maximum absolute atomic E-state index is 12.3. The van der Waals surface area contributed by atoms with Crippen LogP contribution in [0.2, 0.25) is 0 Å². The molecule has 0 atom stereocenters. The number of piperazine rings is 1. The Kier molecular flexibility index (Phi) is 5.26. The van der Waals surface area contributed by atoms with Crippen molar-refractivity contribution in [1.29, 1.82) is 0 Å². The van der Waals surface area contributed by atoms with E-state index in [0.717, 1.165) is 42.9 Å². The van der Waals surface area contributed by atoms with Gasteiger partial charge in [0.1, 0.15) is 5.75 Å². The van der Waals surface area contributed by atoms with Crippen molar-refractivity contribution >= 4 is 17.7 Å². The number of rotatable bonds is 6. The van der Waals surface area contributed by atoms with Crippen LogP contribution in [0.1, 0.15) is 19.8 Å². The van der Waals surface area contributed by atoms with E-state index in [0.29, 0.717) is 12.4 Å². The van der Waals surface area contributed by atoms with Crippen LogP contribution in [0.3, 0.4) is 0 Å². The van der Waals surface area contributed by atoms with Crippen LogP contribution >= 0.6 is 11.8 Å². The highest BCUT2D eigenvalue weighted by Gasteiger charge is 2.32. The zero-order chi connectivity index (χ0) is 15.4. The second kappa shape index (κ2) is 7.38. The van der Waals surface area contributed by atoms with E-state index in [-0.39, 0.29) is 5.91 Å². The molecule has 0 spiro atoms. The average Bonchev–Trinajstić information content (AvgIpc) is 3.39. The van der Waals surface area contributed by atoms with Gasteiger partial charge in [-0.3, -0.25) is 9.69 Å². The largest absolute Gasteiger partial charge is 0.494 e. The van der Waals surface area contributed by atoms with E-state index in [2.05, 4.69) is 4.90 Å². The number of benzene rings is 1. The van der Waals surface area contributed by atoms with E-state index in [1.54, 1.807) is 11.8 Å². The standard InChI is InChI=1S/C17H24N2O2S/c1-2-21-15-5-7-16(8-6-15)22-13-17(20)19-11-9-18(10-12-19)14-3-4-14/h5-8,14H,2-4,9-13H2,1H3. The summed E-state index contributed by atoms with van der Waals surface area (Å²) in [4.78, 5) is 18.0. The summed E-state index contributed by atoms with van der Waals surface area (Å²) >= 11 is 1.61. The van der Waals surface area contributed by atoms with Gasteiger partial charge in [-0.15, -0.1) is 11.8 Å². The van der Waals surface area contributed by atoms with Gasteiger partial charge < -0.3 is 9.64 Å². The molecular weight excluding hydrogens is 296 g/mol. The summed E-state index contributed by atoms with van der Waals surface area (Å²) in [6.45, 7) is 6.52. The highest BCUT2D eigenvalue weighted by atomic mass is 32.2. The van der Waals surface area contributed by atoms with Crippen LogP contribution in [0, 0.1) is 0 Å². The highest BCUT2D eigenvalue weighted by molar-refractivity contribution is 8.00. The maximum Gasteiger partial charge on any atom is 0.233 e. The van der Waals surface area contributed by atoms with E-state index >= 15 is 0 Å². The third kappa shape index (κ3) is 4.17. The van der Waals surface area contributed by atoms with Crippen LogP contribution in [0.5, 0.6) is 5.75 Å². The van der Waals surface area contributed by atoms with Crippen molar-refractivity contribution in [3.63, 3.8) is 0 Å². The summed E-state index contributed by atoms with van der Waals surface area (Å²) in [5.74, 6) is 1.67. The molecule has 22 heavy (non-hydrogen) atoms. The molecule has 2 aliphatic rings. The SMILES string of the molecule is CCOc1ccc(SCC(=O)N2CCN(C3CC3)CC2)cc1. The molecule has 5 heteroatoms. The third-order valence-electron chi connectivity index (χ3n) is 4.23. The molecule has 0 bridgehead atoms. The molecule has 120 valence electrons. The predicted molar refractivity (Wildman–Crippen MR) is 89.5 cm³/mol. The Labute approximate surface area is 136 Å². The summed E-state index contributed by atoms with van der Waals surface area (Å²) in [5, 5.41) is 0. The van der Waals surface area contributed by atoms with Gasteiger partial charge in [0.25, 0.3) is 0 Å². The summed E-state index contributed by atoms with van der Waals surface area (Å²) < 4.78 is 5.43. The first-order valence-electron chi connectivity index (χ1n) is 8.13. The van der Waals surface area contributed by atoms with Gasteiger partial charge in [0.2, 0.25) is 5.91 Å². The molecule has 4 nitrogen and oxygen atoms in total. The van der Waals surface area contributed by atoms with E-state index in [1.807, 2.05) is 36.1 Å². The number of thioether (sulfide) groups is 1. The van der Waals surface area contributed by atoms with Crippen molar-refractivity contribution in [1.82, 2.24) is 9.80 Å². The van der Waals surface area contributed by atoms with E-state index in [1.165, 1.54) is 12.8 Å². The van der Waals surface area contributed by atoms with Crippen molar-refractivity contribution in [2.45, 2.75) is 30.7 Å². The van der Waals surface area contributed by atoms with Crippen molar-refractivity contribution in [2.75, 3.05) is 38.5 Å². The highest BCUT2D eigenvalue weighted by Crippen LogP contribution is 2.27. The molecule has 1 aliphatic carbocycles. The number of amides is 1. The summed E-state index contributed by atoms with van der Waals surface area (Å²) in [7, 11) is 0. The van der Waals surface area contributed by atoms with Gasteiger partial charge in [0, 0.05) is 37.1 Å². The Morgan fingerprint density at radius 1 is 1.18 bits per heavy atom. The molecule has 1 saturated carbocycles. The van der Waals surface area contributed by atoms with Crippen molar-refractivity contribution in [2.24, 2.45) is 0 Å². The lowest BCUT2D eigenvalue weighted by atomic mass is 10.3. The molecule has 0 N–H and O–H groups in total. The lowest BCUT2D eigenvalue weighted by molar-refractivity contribution is -0.130. The Morgan fingerprint density at radius 2 is 1.86 bits per heavy atom. The van der Waals surface area contributed by atoms with Crippen LogP contribution < -0.4 is 4.74 Å². The number of hydrogen-bond donors (Lipinski definition) is 0. The zero-order valence-corrected chi connectivity index (χ0v) is 14.0. The van der Waals surface area contributed by atoms with Gasteiger partial charge in [-0.05, 0) is 44.0 Å². The molecule has 1 amide bonds. The molecule has 0 aromatic heterocycles. The van der Waals surface area contributed by atoms with E-state index in [4.69, 9.17) is 4.74 Å². The van der Waals surface area contributed by atoms with Crippen LogP contribution in [0.4, 0.5) is 0 Å². The van der Waals surface area contributed by atoms with Gasteiger partial charge in [0.05, 0.1) is 12.4 Å². The fraction of sp³-hybridized carbons (Fsp3) is 0.588. The monoisotopic (exact) mass is 320 g/mol. The maximum atomic E-state index is 12.3. The molecule has 3 rings (SSSR count).